The molecule has 2 aromatic carbocycles. The molecule has 0 saturated heterocycles. The van der Waals surface area contributed by atoms with E-state index >= 15 is 0 Å². The van der Waals surface area contributed by atoms with Gasteiger partial charge in [0.25, 0.3) is 0 Å². The Morgan fingerprint density at radius 3 is 2.73 bits per heavy atom. The second kappa shape index (κ2) is 4.86. The molecular weight excluding hydrogens is 274 g/mol. The highest BCUT2D eigenvalue weighted by molar-refractivity contribution is 5.79. The number of nitrogens with zero attached hydrogens (tertiary/aromatic N) is 5. The maximum Gasteiger partial charge on any atom is 0.100 e. The molecule has 5 heteroatoms. The van der Waals surface area contributed by atoms with Crippen molar-refractivity contribution < 1.29 is 0 Å². The molecule has 0 fully saturated rings. The van der Waals surface area contributed by atoms with Gasteiger partial charge in [-0.25, -0.2) is 9.97 Å². The van der Waals surface area contributed by atoms with Crippen molar-refractivity contribution in [3.05, 3.63) is 73.1 Å². The minimum absolute atomic E-state index is 0.616. The fourth-order valence-electron chi connectivity index (χ4n) is 2.50. The van der Waals surface area contributed by atoms with Crippen LogP contribution in [0.15, 0.2) is 67.5 Å². The first-order chi connectivity index (χ1) is 10.8. The summed E-state index contributed by atoms with van der Waals surface area (Å²) in [4.78, 5) is 8.46. The molecule has 4 rings (SSSR count). The number of rotatable bonds is 2. The van der Waals surface area contributed by atoms with E-state index in [2.05, 4.69) is 22.1 Å². The lowest BCUT2D eigenvalue weighted by atomic mass is 10.2. The molecule has 0 spiro atoms. The van der Waals surface area contributed by atoms with Gasteiger partial charge in [0.15, 0.2) is 0 Å². The number of hydrogen-bond donors (Lipinski definition) is 0. The van der Waals surface area contributed by atoms with Crippen LogP contribution in [0.5, 0.6) is 0 Å². The topological polar surface area (TPSA) is 59.4 Å². The molecule has 0 radical (unpaired) electrons. The van der Waals surface area contributed by atoms with Crippen molar-refractivity contribution in [3.8, 4) is 17.4 Å². The Labute approximate surface area is 126 Å². The Bertz CT molecular complexity index is 989. The lowest BCUT2D eigenvalue weighted by Gasteiger charge is -2.08. The number of imidazole rings is 2. The number of aromatic nitrogens is 4. The SMILES string of the molecule is N#Cc1ccc2c(c1)ncn2-c1cccc(-n2ccnc2)c1. The van der Waals surface area contributed by atoms with Crippen LogP contribution in [-0.4, -0.2) is 19.1 Å². The van der Waals surface area contributed by atoms with Crippen molar-refractivity contribution >= 4 is 11.0 Å². The van der Waals surface area contributed by atoms with Crippen LogP contribution >= 0.6 is 0 Å². The van der Waals surface area contributed by atoms with Gasteiger partial charge in [-0.3, -0.25) is 4.57 Å². The summed E-state index contributed by atoms with van der Waals surface area (Å²) in [6.07, 6.45) is 7.20. The first-order valence-electron chi connectivity index (χ1n) is 6.81. The molecule has 0 aliphatic rings. The Morgan fingerprint density at radius 2 is 1.91 bits per heavy atom. The van der Waals surface area contributed by atoms with E-state index in [9.17, 15) is 0 Å². The zero-order valence-corrected chi connectivity index (χ0v) is 11.6. The smallest absolute Gasteiger partial charge is 0.100 e. The van der Waals surface area contributed by atoms with E-state index in [1.165, 1.54) is 0 Å². The molecule has 0 saturated carbocycles. The van der Waals surface area contributed by atoms with E-state index in [4.69, 9.17) is 5.26 Å². The zero-order valence-electron chi connectivity index (χ0n) is 11.6. The summed E-state index contributed by atoms with van der Waals surface area (Å²) < 4.78 is 3.97. The third-order valence-corrected chi connectivity index (χ3v) is 3.59. The standard InChI is InChI=1S/C17H11N5/c18-10-13-4-5-17-16(8-13)20-12-22(17)15-3-1-2-14(9-15)21-7-6-19-11-21/h1-9,11-12H. The predicted octanol–water partition coefficient (Wildman–Crippen LogP) is 3.08. The molecule has 0 aliphatic carbocycles. The predicted molar refractivity (Wildman–Crippen MR) is 82.9 cm³/mol. The summed E-state index contributed by atoms with van der Waals surface area (Å²) in [5.74, 6) is 0. The number of nitriles is 1. The number of benzene rings is 2. The second-order valence-electron chi connectivity index (χ2n) is 4.92. The van der Waals surface area contributed by atoms with E-state index in [0.29, 0.717) is 5.56 Å². The van der Waals surface area contributed by atoms with Gasteiger partial charge in [-0.15, -0.1) is 0 Å². The molecule has 0 amide bonds. The Kier molecular flexibility index (Phi) is 2.73. The van der Waals surface area contributed by atoms with Crippen LogP contribution in [-0.2, 0) is 0 Å². The minimum atomic E-state index is 0.616. The lowest BCUT2D eigenvalue weighted by Crippen LogP contribution is -1.95. The van der Waals surface area contributed by atoms with Gasteiger partial charge in [0.05, 0.1) is 29.0 Å². The first-order valence-corrected chi connectivity index (χ1v) is 6.81. The third-order valence-electron chi connectivity index (χ3n) is 3.59. The monoisotopic (exact) mass is 285 g/mol. The molecule has 0 atom stereocenters. The van der Waals surface area contributed by atoms with Gasteiger partial charge in [-0.05, 0) is 36.4 Å². The minimum Gasteiger partial charge on any atom is -0.306 e. The Balaban J connectivity index is 1.86. The number of hydrogen-bond acceptors (Lipinski definition) is 3. The molecule has 2 heterocycles. The molecule has 22 heavy (non-hydrogen) atoms. The van der Waals surface area contributed by atoms with Gasteiger partial charge in [0.2, 0.25) is 0 Å². The van der Waals surface area contributed by atoms with Crippen molar-refractivity contribution in [2.45, 2.75) is 0 Å². The van der Waals surface area contributed by atoms with E-state index < -0.39 is 0 Å². The summed E-state index contributed by atoms with van der Waals surface area (Å²) in [7, 11) is 0. The van der Waals surface area contributed by atoms with E-state index in [1.54, 1.807) is 31.0 Å². The van der Waals surface area contributed by atoms with Crippen LogP contribution in [0, 0.1) is 11.3 Å². The molecule has 5 nitrogen and oxygen atoms in total. The summed E-state index contributed by atoms with van der Waals surface area (Å²) in [6.45, 7) is 0. The second-order valence-corrected chi connectivity index (χ2v) is 4.92. The van der Waals surface area contributed by atoms with Gasteiger partial charge in [-0.2, -0.15) is 5.26 Å². The van der Waals surface area contributed by atoms with Crippen LogP contribution in [0.2, 0.25) is 0 Å². The van der Waals surface area contributed by atoms with Gasteiger partial charge in [-0.1, -0.05) is 6.07 Å². The third kappa shape index (κ3) is 1.95. The molecular formula is C17H11N5. The molecule has 2 aromatic heterocycles. The van der Waals surface area contributed by atoms with Crippen LogP contribution in [0.3, 0.4) is 0 Å². The number of fused-ring (bicyclic) bond motifs is 1. The Morgan fingerprint density at radius 1 is 1.00 bits per heavy atom. The van der Waals surface area contributed by atoms with Gasteiger partial charge >= 0.3 is 0 Å². The van der Waals surface area contributed by atoms with E-state index in [0.717, 1.165) is 22.4 Å². The average molecular weight is 285 g/mol. The lowest BCUT2D eigenvalue weighted by molar-refractivity contribution is 1.03. The average Bonchev–Trinajstić information content (AvgIpc) is 3.24. The van der Waals surface area contributed by atoms with E-state index in [-0.39, 0.29) is 0 Å². The Hall–Kier alpha value is -3.39. The highest BCUT2D eigenvalue weighted by atomic mass is 15.1. The molecule has 0 aliphatic heterocycles. The van der Waals surface area contributed by atoms with Crippen LogP contribution in [0.25, 0.3) is 22.4 Å². The maximum atomic E-state index is 8.97. The van der Waals surface area contributed by atoms with Gasteiger partial charge < -0.3 is 4.57 Å². The van der Waals surface area contributed by atoms with Crippen LogP contribution in [0.1, 0.15) is 5.56 Å². The maximum absolute atomic E-state index is 8.97. The summed E-state index contributed by atoms with van der Waals surface area (Å²) in [5, 5.41) is 8.97. The molecule has 0 unspecified atom stereocenters. The van der Waals surface area contributed by atoms with Gasteiger partial charge in [0.1, 0.15) is 6.33 Å². The van der Waals surface area contributed by atoms with Crippen molar-refractivity contribution in [1.29, 1.82) is 5.26 Å². The fraction of sp³-hybridized carbons (Fsp3) is 0. The molecule has 4 aromatic rings. The molecule has 0 bridgehead atoms. The van der Waals surface area contributed by atoms with Crippen molar-refractivity contribution in [1.82, 2.24) is 19.1 Å². The van der Waals surface area contributed by atoms with Crippen molar-refractivity contribution in [3.63, 3.8) is 0 Å². The van der Waals surface area contributed by atoms with Crippen LogP contribution < -0.4 is 0 Å². The highest BCUT2D eigenvalue weighted by Crippen LogP contribution is 2.21. The molecule has 104 valence electrons. The summed E-state index contributed by atoms with van der Waals surface area (Å²) in [5.41, 5.74) is 4.45. The normalized spacial score (nSPS) is 10.7. The molecule has 0 N–H and O–H groups in total. The van der Waals surface area contributed by atoms with Crippen LogP contribution in [0.4, 0.5) is 0 Å². The fourth-order valence-corrected chi connectivity index (χ4v) is 2.50. The summed E-state index contributed by atoms with van der Waals surface area (Å²) in [6, 6.07) is 15.8. The van der Waals surface area contributed by atoms with Crippen molar-refractivity contribution in [2.75, 3.05) is 0 Å². The largest absolute Gasteiger partial charge is 0.306 e. The van der Waals surface area contributed by atoms with E-state index in [1.807, 2.05) is 39.6 Å². The first kappa shape index (κ1) is 12.4. The highest BCUT2D eigenvalue weighted by Gasteiger charge is 2.06. The van der Waals surface area contributed by atoms with Crippen molar-refractivity contribution in [2.24, 2.45) is 0 Å². The zero-order chi connectivity index (χ0) is 14.9. The quantitative estimate of drug-likeness (QED) is 0.568. The summed E-state index contributed by atoms with van der Waals surface area (Å²) >= 11 is 0. The van der Waals surface area contributed by atoms with Gasteiger partial charge in [0, 0.05) is 23.8 Å².